The zero-order valence-corrected chi connectivity index (χ0v) is 16.6. The van der Waals surface area contributed by atoms with E-state index < -0.39 is 6.09 Å². The van der Waals surface area contributed by atoms with Crippen molar-refractivity contribution in [1.29, 1.82) is 0 Å². The Morgan fingerprint density at radius 3 is 2.52 bits per heavy atom. The number of amides is 2. The molecular formula is C21H29N3O5. The summed E-state index contributed by atoms with van der Waals surface area (Å²) in [6.07, 6.45) is 0.731. The van der Waals surface area contributed by atoms with Crippen molar-refractivity contribution < 1.29 is 24.2 Å². The Morgan fingerprint density at radius 1 is 1.07 bits per heavy atom. The van der Waals surface area contributed by atoms with Crippen molar-refractivity contribution in [3.8, 4) is 0 Å². The fourth-order valence-electron chi connectivity index (χ4n) is 4.39. The lowest BCUT2D eigenvalue weighted by atomic mass is 9.96. The minimum atomic E-state index is -0.425. The topological polar surface area (TPSA) is 82.5 Å². The van der Waals surface area contributed by atoms with Crippen LogP contribution in [0.5, 0.6) is 0 Å². The van der Waals surface area contributed by atoms with Gasteiger partial charge in [-0.15, -0.1) is 0 Å². The highest BCUT2D eigenvalue weighted by molar-refractivity contribution is 5.83. The number of hydrogen-bond donors (Lipinski definition) is 1. The van der Waals surface area contributed by atoms with Gasteiger partial charge in [-0.05, 0) is 18.4 Å². The normalized spacial score (nSPS) is 26.6. The number of aliphatic hydroxyl groups is 1. The van der Waals surface area contributed by atoms with Crippen LogP contribution < -0.4 is 0 Å². The summed E-state index contributed by atoms with van der Waals surface area (Å²) in [6.45, 7) is 4.15. The van der Waals surface area contributed by atoms with Crippen LogP contribution in [0.2, 0.25) is 0 Å². The average molecular weight is 403 g/mol. The summed E-state index contributed by atoms with van der Waals surface area (Å²) in [6, 6.07) is 9.74. The Labute approximate surface area is 171 Å². The zero-order chi connectivity index (χ0) is 20.2. The van der Waals surface area contributed by atoms with Gasteiger partial charge < -0.3 is 24.4 Å². The summed E-state index contributed by atoms with van der Waals surface area (Å²) >= 11 is 0. The van der Waals surface area contributed by atoms with E-state index in [1.54, 1.807) is 0 Å². The molecule has 3 saturated heterocycles. The Hall–Kier alpha value is -2.16. The maximum Gasteiger partial charge on any atom is 0.410 e. The number of benzene rings is 1. The van der Waals surface area contributed by atoms with Gasteiger partial charge in [0, 0.05) is 26.2 Å². The van der Waals surface area contributed by atoms with Gasteiger partial charge in [0.25, 0.3) is 0 Å². The van der Waals surface area contributed by atoms with Crippen LogP contribution in [0, 0.1) is 0 Å². The van der Waals surface area contributed by atoms with Crippen molar-refractivity contribution in [3.63, 3.8) is 0 Å². The molecule has 3 aliphatic heterocycles. The highest BCUT2D eigenvalue weighted by atomic mass is 16.6. The molecule has 0 saturated carbocycles. The molecule has 4 rings (SSSR count). The van der Waals surface area contributed by atoms with Crippen molar-refractivity contribution in [2.45, 2.75) is 31.1 Å². The number of ether oxygens (including phenoxy) is 2. The van der Waals surface area contributed by atoms with Crippen LogP contribution in [-0.2, 0) is 14.3 Å². The summed E-state index contributed by atoms with van der Waals surface area (Å²) in [4.78, 5) is 30.5. The first kappa shape index (κ1) is 20.1. The number of rotatable bonds is 5. The molecule has 1 aromatic carbocycles. The van der Waals surface area contributed by atoms with Crippen LogP contribution in [0.1, 0.15) is 24.4 Å². The number of piperidine rings is 1. The summed E-state index contributed by atoms with van der Waals surface area (Å²) in [5.74, 6) is -0.0833. The van der Waals surface area contributed by atoms with Crippen LogP contribution in [0.3, 0.4) is 0 Å². The van der Waals surface area contributed by atoms with E-state index in [2.05, 4.69) is 4.90 Å². The third-order valence-corrected chi connectivity index (χ3v) is 5.98. The predicted molar refractivity (Wildman–Crippen MR) is 105 cm³/mol. The summed E-state index contributed by atoms with van der Waals surface area (Å²) in [7, 11) is 0. The Kier molecular flexibility index (Phi) is 6.32. The Balaban J connectivity index is 1.51. The first-order chi connectivity index (χ1) is 14.1. The van der Waals surface area contributed by atoms with Gasteiger partial charge in [-0.2, -0.15) is 0 Å². The Bertz CT molecular complexity index is 708. The molecule has 29 heavy (non-hydrogen) atoms. The van der Waals surface area contributed by atoms with E-state index in [0.29, 0.717) is 32.8 Å². The van der Waals surface area contributed by atoms with Crippen molar-refractivity contribution in [2.24, 2.45) is 0 Å². The summed E-state index contributed by atoms with van der Waals surface area (Å²) < 4.78 is 11.1. The molecular weight excluding hydrogens is 374 g/mol. The largest absolute Gasteiger partial charge is 0.448 e. The number of cyclic esters (lactones) is 1. The van der Waals surface area contributed by atoms with Crippen LogP contribution in [0.25, 0.3) is 0 Å². The molecule has 0 radical (unpaired) electrons. The van der Waals surface area contributed by atoms with Gasteiger partial charge in [0.15, 0.2) is 0 Å². The lowest BCUT2D eigenvalue weighted by Crippen LogP contribution is -2.54. The SMILES string of the molecule is O=C1OCCN1CC(=O)N1CCO[C@@H](CN2CCC(O)CC2)[C@@H]1c1ccccc1. The molecule has 8 heteroatoms. The molecule has 3 aliphatic rings. The van der Waals surface area contributed by atoms with Crippen LogP contribution in [0.15, 0.2) is 30.3 Å². The fraction of sp³-hybridized carbons (Fsp3) is 0.619. The predicted octanol–water partition coefficient (Wildman–Crippen LogP) is 0.864. The van der Waals surface area contributed by atoms with Crippen LogP contribution >= 0.6 is 0 Å². The standard InChI is InChI=1S/C21H29N3O5/c25-17-6-8-22(9-7-17)14-18-20(16-4-2-1-3-5-16)24(11-13-28-18)19(26)15-23-10-12-29-21(23)27/h1-5,17-18,20,25H,6-15H2/t18-,20-/m0/s1. The van der Waals surface area contributed by atoms with Crippen molar-refractivity contribution in [3.05, 3.63) is 35.9 Å². The van der Waals surface area contributed by atoms with Gasteiger partial charge in [0.1, 0.15) is 13.2 Å². The Morgan fingerprint density at radius 2 is 1.83 bits per heavy atom. The van der Waals surface area contributed by atoms with E-state index in [9.17, 15) is 14.7 Å². The third kappa shape index (κ3) is 4.71. The molecule has 158 valence electrons. The van der Waals surface area contributed by atoms with Crippen molar-refractivity contribution >= 4 is 12.0 Å². The molecule has 0 aromatic heterocycles. The number of carbonyl (C=O) groups is 2. The van der Waals surface area contributed by atoms with E-state index in [1.807, 2.05) is 35.2 Å². The quantitative estimate of drug-likeness (QED) is 0.786. The molecule has 0 bridgehead atoms. The number of hydrogen-bond acceptors (Lipinski definition) is 6. The second kappa shape index (κ2) is 9.11. The first-order valence-electron chi connectivity index (χ1n) is 10.4. The summed E-state index contributed by atoms with van der Waals surface area (Å²) in [5.41, 5.74) is 1.03. The van der Waals surface area contributed by atoms with E-state index in [1.165, 1.54) is 4.90 Å². The number of aliphatic hydroxyl groups excluding tert-OH is 1. The number of morpholine rings is 1. The second-order valence-electron chi connectivity index (χ2n) is 7.92. The minimum absolute atomic E-state index is 0.0325. The molecule has 0 unspecified atom stereocenters. The lowest BCUT2D eigenvalue weighted by molar-refractivity contribution is -0.149. The van der Waals surface area contributed by atoms with Crippen LogP contribution in [0.4, 0.5) is 4.79 Å². The van der Waals surface area contributed by atoms with E-state index in [0.717, 1.165) is 31.5 Å². The first-order valence-corrected chi connectivity index (χ1v) is 10.4. The highest BCUT2D eigenvalue weighted by Gasteiger charge is 2.39. The molecule has 1 aromatic rings. The van der Waals surface area contributed by atoms with E-state index >= 15 is 0 Å². The molecule has 1 N–H and O–H groups in total. The maximum absolute atomic E-state index is 13.1. The van der Waals surface area contributed by atoms with Gasteiger partial charge in [0.2, 0.25) is 5.91 Å². The summed E-state index contributed by atoms with van der Waals surface area (Å²) in [5, 5.41) is 9.78. The van der Waals surface area contributed by atoms with Crippen molar-refractivity contribution in [2.75, 3.05) is 52.5 Å². The number of carbonyl (C=O) groups excluding carboxylic acids is 2. The molecule has 8 nitrogen and oxygen atoms in total. The maximum atomic E-state index is 13.1. The lowest BCUT2D eigenvalue weighted by Gasteiger charge is -2.44. The van der Waals surface area contributed by atoms with E-state index in [-0.39, 0.29) is 30.7 Å². The van der Waals surface area contributed by atoms with Gasteiger partial charge in [0.05, 0.1) is 31.4 Å². The molecule has 2 amide bonds. The molecule has 3 heterocycles. The molecule has 0 aliphatic carbocycles. The van der Waals surface area contributed by atoms with Crippen LogP contribution in [-0.4, -0.2) is 96.5 Å². The number of likely N-dealkylation sites (tertiary alicyclic amines) is 1. The van der Waals surface area contributed by atoms with Gasteiger partial charge in [-0.25, -0.2) is 4.79 Å². The van der Waals surface area contributed by atoms with Gasteiger partial charge in [-0.3, -0.25) is 9.69 Å². The fourth-order valence-corrected chi connectivity index (χ4v) is 4.39. The van der Waals surface area contributed by atoms with Gasteiger partial charge >= 0.3 is 6.09 Å². The van der Waals surface area contributed by atoms with E-state index in [4.69, 9.17) is 9.47 Å². The molecule has 0 spiro atoms. The van der Waals surface area contributed by atoms with Gasteiger partial charge in [-0.1, -0.05) is 30.3 Å². The monoisotopic (exact) mass is 403 g/mol. The molecule has 3 fully saturated rings. The van der Waals surface area contributed by atoms with Crippen molar-refractivity contribution in [1.82, 2.24) is 14.7 Å². The average Bonchev–Trinajstić information content (AvgIpc) is 3.14. The third-order valence-electron chi connectivity index (χ3n) is 5.98. The molecule has 2 atom stereocenters. The highest BCUT2D eigenvalue weighted by Crippen LogP contribution is 2.31. The second-order valence-corrected chi connectivity index (χ2v) is 7.92. The minimum Gasteiger partial charge on any atom is -0.448 e. The zero-order valence-electron chi connectivity index (χ0n) is 16.6. The smallest absolute Gasteiger partial charge is 0.410 e. The number of nitrogens with zero attached hydrogens (tertiary/aromatic N) is 3.